The van der Waals surface area contributed by atoms with Gasteiger partial charge in [-0.2, -0.15) is 0 Å². The molecule has 0 aliphatic carbocycles. The van der Waals surface area contributed by atoms with E-state index in [0.717, 1.165) is 17.7 Å². The number of hydrogen-bond donors (Lipinski definition) is 1. The van der Waals surface area contributed by atoms with Crippen LogP contribution in [0.4, 0.5) is 5.69 Å². The molecule has 4 nitrogen and oxygen atoms in total. The highest BCUT2D eigenvalue weighted by Gasteiger charge is 2.34. The van der Waals surface area contributed by atoms with E-state index >= 15 is 0 Å². The predicted octanol–water partition coefficient (Wildman–Crippen LogP) is 3.23. The second-order valence-electron chi connectivity index (χ2n) is 6.63. The Labute approximate surface area is 148 Å². The van der Waals surface area contributed by atoms with E-state index in [4.69, 9.17) is 0 Å². The van der Waals surface area contributed by atoms with Crippen molar-refractivity contribution >= 4 is 17.5 Å². The summed E-state index contributed by atoms with van der Waals surface area (Å²) in [6, 6.07) is 16.1. The Bertz CT molecular complexity index is 768. The summed E-state index contributed by atoms with van der Waals surface area (Å²) in [5.74, 6) is -0.328. The van der Waals surface area contributed by atoms with Crippen LogP contribution in [0.15, 0.2) is 48.5 Å². The number of nitrogens with zero attached hydrogens (tertiary/aromatic N) is 1. The molecule has 1 saturated heterocycles. The zero-order valence-corrected chi connectivity index (χ0v) is 14.8. The summed E-state index contributed by atoms with van der Waals surface area (Å²) >= 11 is 0. The Morgan fingerprint density at radius 1 is 1.16 bits per heavy atom. The Morgan fingerprint density at radius 3 is 2.60 bits per heavy atom. The summed E-state index contributed by atoms with van der Waals surface area (Å²) in [7, 11) is 0. The first kappa shape index (κ1) is 17.2. The van der Waals surface area contributed by atoms with Crippen LogP contribution in [0.1, 0.15) is 30.0 Å². The average molecular weight is 336 g/mol. The van der Waals surface area contributed by atoms with Gasteiger partial charge in [-0.1, -0.05) is 48.9 Å². The highest BCUT2D eigenvalue weighted by molar-refractivity contribution is 6.00. The second-order valence-corrected chi connectivity index (χ2v) is 6.63. The minimum absolute atomic E-state index is 0.0138. The lowest BCUT2D eigenvalue weighted by Gasteiger charge is -2.17. The molecule has 1 aliphatic rings. The smallest absolute Gasteiger partial charge is 0.227 e. The van der Waals surface area contributed by atoms with Crippen molar-refractivity contribution in [3.8, 4) is 0 Å². The lowest BCUT2D eigenvalue weighted by atomic mass is 10.1. The Morgan fingerprint density at radius 2 is 1.92 bits per heavy atom. The molecule has 1 heterocycles. The molecule has 4 heteroatoms. The molecule has 0 unspecified atom stereocenters. The molecule has 0 spiro atoms. The third-order valence-electron chi connectivity index (χ3n) is 4.70. The zero-order chi connectivity index (χ0) is 17.8. The van der Waals surface area contributed by atoms with Crippen LogP contribution in [0.3, 0.4) is 0 Å². The van der Waals surface area contributed by atoms with Gasteiger partial charge in [0.2, 0.25) is 11.8 Å². The van der Waals surface area contributed by atoms with Crippen LogP contribution in [0, 0.1) is 12.8 Å². The van der Waals surface area contributed by atoms with Gasteiger partial charge in [0.1, 0.15) is 0 Å². The van der Waals surface area contributed by atoms with Crippen molar-refractivity contribution in [1.82, 2.24) is 5.32 Å². The Hall–Kier alpha value is -2.62. The predicted molar refractivity (Wildman–Crippen MR) is 99.3 cm³/mol. The third-order valence-corrected chi connectivity index (χ3v) is 4.70. The van der Waals surface area contributed by atoms with Crippen LogP contribution in [0.25, 0.3) is 0 Å². The molecule has 1 N–H and O–H groups in total. The standard InChI is InChI=1S/C21H24N2O2/c1-3-16-7-9-19(10-8-16)23-14-18(12-20(23)24)21(25)22-13-17-6-4-5-15(2)11-17/h4-11,18H,3,12-14H2,1-2H3,(H,22,25)/t18-/m0/s1. The molecule has 2 amide bonds. The number of aryl methyl sites for hydroxylation is 2. The number of nitrogens with one attached hydrogen (secondary N) is 1. The van der Waals surface area contributed by atoms with Gasteiger partial charge >= 0.3 is 0 Å². The van der Waals surface area contributed by atoms with Crippen LogP contribution in [-0.2, 0) is 22.6 Å². The van der Waals surface area contributed by atoms with E-state index < -0.39 is 0 Å². The lowest BCUT2D eigenvalue weighted by molar-refractivity contribution is -0.126. The van der Waals surface area contributed by atoms with Crippen molar-refractivity contribution < 1.29 is 9.59 Å². The van der Waals surface area contributed by atoms with Gasteiger partial charge < -0.3 is 10.2 Å². The molecule has 1 fully saturated rings. The number of rotatable bonds is 5. The minimum Gasteiger partial charge on any atom is -0.352 e. The third kappa shape index (κ3) is 4.08. The molecule has 2 aromatic carbocycles. The van der Waals surface area contributed by atoms with Crippen molar-refractivity contribution in [3.05, 3.63) is 65.2 Å². The van der Waals surface area contributed by atoms with Crippen molar-refractivity contribution in [3.63, 3.8) is 0 Å². The molecular weight excluding hydrogens is 312 g/mol. The maximum atomic E-state index is 12.4. The summed E-state index contributed by atoms with van der Waals surface area (Å²) in [6.07, 6.45) is 1.24. The second kappa shape index (κ2) is 7.51. The maximum absolute atomic E-state index is 12.4. The zero-order valence-electron chi connectivity index (χ0n) is 14.8. The lowest BCUT2D eigenvalue weighted by Crippen LogP contribution is -2.32. The summed E-state index contributed by atoms with van der Waals surface area (Å²) in [6.45, 7) is 5.08. The van der Waals surface area contributed by atoms with Crippen LogP contribution in [0.5, 0.6) is 0 Å². The highest BCUT2D eigenvalue weighted by atomic mass is 16.2. The number of amides is 2. The average Bonchev–Trinajstić information content (AvgIpc) is 3.02. The number of hydrogen-bond acceptors (Lipinski definition) is 2. The van der Waals surface area contributed by atoms with Crippen molar-refractivity contribution in [2.24, 2.45) is 5.92 Å². The van der Waals surface area contributed by atoms with E-state index in [1.54, 1.807) is 4.90 Å². The summed E-state index contributed by atoms with van der Waals surface area (Å²) < 4.78 is 0. The van der Waals surface area contributed by atoms with E-state index in [-0.39, 0.29) is 24.2 Å². The van der Waals surface area contributed by atoms with Gasteiger partial charge in [-0.25, -0.2) is 0 Å². The number of carbonyl (C=O) groups excluding carboxylic acids is 2. The SMILES string of the molecule is CCc1ccc(N2C[C@@H](C(=O)NCc3cccc(C)c3)CC2=O)cc1. The summed E-state index contributed by atoms with van der Waals surface area (Å²) in [4.78, 5) is 26.5. The summed E-state index contributed by atoms with van der Waals surface area (Å²) in [5, 5.41) is 2.96. The Balaban J connectivity index is 1.60. The van der Waals surface area contributed by atoms with Crippen LogP contribution >= 0.6 is 0 Å². The van der Waals surface area contributed by atoms with Crippen LogP contribution < -0.4 is 10.2 Å². The first-order chi connectivity index (χ1) is 12.1. The van der Waals surface area contributed by atoms with E-state index in [1.807, 2.05) is 49.4 Å². The van der Waals surface area contributed by atoms with Gasteiger partial charge in [0.15, 0.2) is 0 Å². The molecule has 0 aromatic heterocycles. The van der Waals surface area contributed by atoms with Crippen LogP contribution in [0.2, 0.25) is 0 Å². The van der Waals surface area contributed by atoms with E-state index in [1.165, 1.54) is 11.1 Å². The first-order valence-electron chi connectivity index (χ1n) is 8.79. The van der Waals surface area contributed by atoms with E-state index in [2.05, 4.69) is 18.3 Å². The number of anilines is 1. The molecule has 0 saturated carbocycles. The number of carbonyl (C=O) groups is 2. The quantitative estimate of drug-likeness (QED) is 0.911. The van der Waals surface area contributed by atoms with Gasteiger partial charge in [-0.05, 0) is 36.6 Å². The first-order valence-corrected chi connectivity index (χ1v) is 8.79. The monoisotopic (exact) mass is 336 g/mol. The largest absolute Gasteiger partial charge is 0.352 e. The van der Waals surface area contributed by atoms with Gasteiger partial charge in [-0.15, -0.1) is 0 Å². The van der Waals surface area contributed by atoms with Gasteiger partial charge in [0, 0.05) is 25.2 Å². The maximum Gasteiger partial charge on any atom is 0.227 e. The molecule has 130 valence electrons. The van der Waals surface area contributed by atoms with Gasteiger partial charge in [0.25, 0.3) is 0 Å². The molecule has 1 aliphatic heterocycles. The van der Waals surface area contributed by atoms with Crippen molar-refractivity contribution in [2.75, 3.05) is 11.4 Å². The molecule has 25 heavy (non-hydrogen) atoms. The Kier molecular flexibility index (Phi) is 5.17. The van der Waals surface area contributed by atoms with Crippen molar-refractivity contribution in [1.29, 1.82) is 0 Å². The summed E-state index contributed by atoms with van der Waals surface area (Å²) in [5.41, 5.74) is 4.35. The fourth-order valence-corrected chi connectivity index (χ4v) is 3.20. The normalized spacial score (nSPS) is 17.0. The van der Waals surface area contributed by atoms with Gasteiger partial charge in [0.05, 0.1) is 5.92 Å². The van der Waals surface area contributed by atoms with E-state index in [9.17, 15) is 9.59 Å². The molecular formula is C21H24N2O2. The molecule has 2 aromatic rings. The topological polar surface area (TPSA) is 49.4 Å². The number of benzene rings is 2. The molecule has 0 bridgehead atoms. The molecule has 0 radical (unpaired) electrons. The van der Waals surface area contributed by atoms with Crippen LogP contribution in [-0.4, -0.2) is 18.4 Å². The van der Waals surface area contributed by atoms with Gasteiger partial charge in [-0.3, -0.25) is 9.59 Å². The van der Waals surface area contributed by atoms with Crippen molar-refractivity contribution in [2.45, 2.75) is 33.2 Å². The highest BCUT2D eigenvalue weighted by Crippen LogP contribution is 2.25. The fourth-order valence-electron chi connectivity index (χ4n) is 3.20. The molecule has 1 atom stereocenters. The fraction of sp³-hybridized carbons (Fsp3) is 0.333. The molecule has 3 rings (SSSR count). The van der Waals surface area contributed by atoms with E-state index in [0.29, 0.717) is 13.1 Å². The minimum atomic E-state index is -0.289.